The van der Waals surface area contributed by atoms with E-state index in [2.05, 4.69) is 29.6 Å². The van der Waals surface area contributed by atoms with Crippen LogP contribution in [0.3, 0.4) is 0 Å². The molecular weight excluding hydrogens is 242 g/mol. The molecule has 1 aromatic rings. The Morgan fingerprint density at radius 1 is 1.11 bits per heavy atom. The third kappa shape index (κ3) is 3.01. The van der Waals surface area contributed by atoms with Crippen LogP contribution in [0.25, 0.3) is 0 Å². The Hall–Kier alpha value is -0.670. The molecule has 2 aliphatic rings. The minimum Gasteiger partial charge on any atom is -0.490 e. The van der Waals surface area contributed by atoms with Gasteiger partial charge in [0.1, 0.15) is 11.9 Å². The summed E-state index contributed by atoms with van der Waals surface area (Å²) in [6.45, 7) is 1.15. The van der Waals surface area contributed by atoms with E-state index >= 15 is 0 Å². The average Bonchev–Trinajstić information content (AvgIpc) is 2.94. The molecule has 1 N–H and O–H groups in total. The quantitative estimate of drug-likeness (QED) is 0.903. The van der Waals surface area contributed by atoms with Crippen molar-refractivity contribution in [1.29, 1.82) is 0 Å². The van der Waals surface area contributed by atoms with Gasteiger partial charge in [-0.2, -0.15) is 11.8 Å². The molecule has 18 heavy (non-hydrogen) atoms. The van der Waals surface area contributed by atoms with Gasteiger partial charge in [0, 0.05) is 11.8 Å². The van der Waals surface area contributed by atoms with Crippen LogP contribution in [0.4, 0.5) is 0 Å². The van der Waals surface area contributed by atoms with Crippen LogP contribution in [-0.2, 0) is 0 Å². The summed E-state index contributed by atoms with van der Waals surface area (Å²) in [5.41, 5.74) is 1.41. The van der Waals surface area contributed by atoms with Gasteiger partial charge in [0.25, 0.3) is 0 Å². The van der Waals surface area contributed by atoms with Gasteiger partial charge in [0.2, 0.25) is 0 Å². The van der Waals surface area contributed by atoms with Gasteiger partial charge in [0.15, 0.2) is 0 Å². The Morgan fingerprint density at radius 2 is 2.00 bits per heavy atom. The minimum atomic E-state index is 0.425. The number of ether oxygens (including phenoxy) is 1. The SMILES string of the molecule is c1cc(C2CCCCN2)ccc1OC1CCSC1. The van der Waals surface area contributed by atoms with Crippen LogP contribution >= 0.6 is 11.8 Å². The second-order valence-electron chi connectivity index (χ2n) is 5.17. The van der Waals surface area contributed by atoms with Gasteiger partial charge < -0.3 is 10.1 Å². The highest BCUT2D eigenvalue weighted by molar-refractivity contribution is 7.99. The third-order valence-electron chi connectivity index (χ3n) is 3.78. The molecule has 98 valence electrons. The Kier molecular flexibility index (Phi) is 4.11. The Balaban J connectivity index is 1.60. The summed E-state index contributed by atoms with van der Waals surface area (Å²) in [6.07, 6.45) is 5.54. The molecule has 0 amide bonds. The van der Waals surface area contributed by atoms with Gasteiger partial charge in [0.05, 0.1) is 0 Å². The number of hydrogen-bond acceptors (Lipinski definition) is 3. The van der Waals surface area contributed by atoms with Crippen molar-refractivity contribution in [2.75, 3.05) is 18.1 Å². The van der Waals surface area contributed by atoms with E-state index in [0.717, 1.165) is 18.0 Å². The zero-order valence-corrected chi connectivity index (χ0v) is 11.5. The van der Waals surface area contributed by atoms with E-state index in [-0.39, 0.29) is 0 Å². The van der Waals surface area contributed by atoms with Gasteiger partial charge in [-0.15, -0.1) is 0 Å². The van der Waals surface area contributed by atoms with E-state index in [1.54, 1.807) is 0 Å². The van der Waals surface area contributed by atoms with Crippen LogP contribution in [0.1, 0.15) is 37.3 Å². The Bertz CT molecular complexity index is 367. The number of nitrogens with one attached hydrogen (secondary N) is 1. The highest BCUT2D eigenvalue weighted by Gasteiger charge is 2.18. The zero-order valence-electron chi connectivity index (χ0n) is 10.7. The molecule has 1 aromatic carbocycles. The summed E-state index contributed by atoms with van der Waals surface area (Å²) in [7, 11) is 0. The number of benzene rings is 1. The second-order valence-corrected chi connectivity index (χ2v) is 6.32. The molecule has 2 unspecified atom stereocenters. The molecule has 3 heteroatoms. The first-order chi connectivity index (χ1) is 8.92. The molecule has 0 saturated carbocycles. The van der Waals surface area contributed by atoms with E-state index in [9.17, 15) is 0 Å². The standard InChI is InChI=1S/C15H21NOS/c1-2-9-16-15(3-1)12-4-6-13(7-5-12)17-14-8-10-18-11-14/h4-7,14-16H,1-3,8-11H2. The molecular formula is C15H21NOS. The molecule has 2 nitrogen and oxygen atoms in total. The van der Waals surface area contributed by atoms with E-state index < -0.39 is 0 Å². The van der Waals surface area contributed by atoms with Crippen molar-refractivity contribution in [3.05, 3.63) is 29.8 Å². The first-order valence-corrected chi connectivity index (χ1v) is 8.15. The molecule has 0 spiro atoms. The van der Waals surface area contributed by atoms with Crippen LogP contribution < -0.4 is 10.1 Å². The summed E-state index contributed by atoms with van der Waals surface area (Å²) in [5.74, 6) is 3.42. The predicted molar refractivity (Wildman–Crippen MR) is 77.4 cm³/mol. The fourth-order valence-electron chi connectivity index (χ4n) is 2.71. The van der Waals surface area contributed by atoms with Crippen LogP contribution in [0.5, 0.6) is 5.75 Å². The van der Waals surface area contributed by atoms with Crippen LogP contribution in [0, 0.1) is 0 Å². The number of thioether (sulfide) groups is 1. The van der Waals surface area contributed by atoms with E-state index in [1.807, 2.05) is 11.8 Å². The van der Waals surface area contributed by atoms with Gasteiger partial charge >= 0.3 is 0 Å². The van der Waals surface area contributed by atoms with Crippen molar-refractivity contribution in [3.63, 3.8) is 0 Å². The largest absolute Gasteiger partial charge is 0.490 e. The van der Waals surface area contributed by atoms with Crippen LogP contribution in [0.15, 0.2) is 24.3 Å². The monoisotopic (exact) mass is 263 g/mol. The molecule has 2 saturated heterocycles. The highest BCUT2D eigenvalue weighted by Crippen LogP contribution is 2.27. The van der Waals surface area contributed by atoms with Crippen molar-refractivity contribution in [2.45, 2.75) is 37.8 Å². The first kappa shape index (κ1) is 12.4. The molecule has 0 aromatic heterocycles. The molecule has 2 aliphatic heterocycles. The Labute approximate surface area is 113 Å². The van der Waals surface area contributed by atoms with E-state index in [4.69, 9.17) is 4.74 Å². The first-order valence-electron chi connectivity index (χ1n) is 6.99. The maximum Gasteiger partial charge on any atom is 0.119 e. The van der Waals surface area contributed by atoms with Gasteiger partial charge in [-0.25, -0.2) is 0 Å². The summed E-state index contributed by atoms with van der Waals surface area (Å²) in [6, 6.07) is 9.26. The van der Waals surface area contributed by atoms with E-state index in [0.29, 0.717) is 12.1 Å². The highest BCUT2D eigenvalue weighted by atomic mass is 32.2. The lowest BCUT2D eigenvalue weighted by Gasteiger charge is -2.24. The van der Waals surface area contributed by atoms with Gasteiger partial charge in [-0.1, -0.05) is 18.6 Å². The summed E-state index contributed by atoms with van der Waals surface area (Å²) in [4.78, 5) is 0. The maximum absolute atomic E-state index is 5.98. The maximum atomic E-state index is 5.98. The number of rotatable bonds is 3. The van der Waals surface area contributed by atoms with Crippen molar-refractivity contribution < 1.29 is 4.74 Å². The average molecular weight is 263 g/mol. The number of hydrogen-bond donors (Lipinski definition) is 1. The lowest BCUT2D eigenvalue weighted by molar-refractivity contribution is 0.229. The van der Waals surface area contributed by atoms with Gasteiger partial charge in [-0.05, 0) is 49.3 Å². The van der Waals surface area contributed by atoms with Crippen molar-refractivity contribution in [2.24, 2.45) is 0 Å². The Morgan fingerprint density at radius 3 is 2.67 bits per heavy atom. The predicted octanol–water partition coefficient (Wildman–Crippen LogP) is 3.39. The molecule has 0 bridgehead atoms. The van der Waals surface area contributed by atoms with Crippen molar-refractivity contribution in [3.8, 4) is 5.75 Å². The summed E-state index contributed by atoms with van der Waals surface area (Å²) >= 11 is 1.99. The van der Waals surface area contributed by atoms with Crippen LogP contribution in [0.2, 0.25) is 0 Å². The van der Waals surface area contributed by atoms with E-state index in [1.165, 1.54) is 37.0 Å². The van der Waals surface area contributed by atoms with Crippen molar-refractivity contribution in [1.82, 2.24) is 5.32 Å². The molecule has 2 atom stereocenters. The molecule has 0 aliphatic carbocycles. The van der Waals surface area contributed by atoms with Gasteiger partial charge in [-0.3, -0.25) is 0 Å². The summed E-state index contributed by atoms with van der Waals surface area (Å²) < 4.78 is 5.98. The lowest BCUT2D eigenvalue weighted by Crippen LogP contribution is -2.26. The molecule has 2 fully saturated rings. The summed E-state index contributed by atoms with van der Waals surface area (Å²) in [5, 5.41) is 3.58. The lowest BCUT2D eigenvalue weighted by atomic mass is 9.97. The van der Waals surface area contributed by atoms with Crippen molar-refractivity contribution >= 4 is 11.8 Å². The number of piperidine rings is 1. The fourth-order valence-corrected chi connectivity index (χ4v) is 3.81. The second kappa shape index (κ2) is 5.98. The van der Waals surface area contributed by atoms with Crippen LogP contribution in [-0.4, -0.2) is 24.2 Å². The topological polar surface area (TPSA) is 21.3 Å². The fraction of sp³-hybridized carbons (Fsp3) is 0.600. The zero-order chi connectivity index (χ0) is 12.2. The molecule has 2 heterocycles. The molecule has 3 rings (SSSR count). The smallest absolute Gasteiger partial charge is 0.119 e. The molecule has 0 radical (unpaired) electrons. The third-order valence-corrected chi connectivity index (χ3v) is 4.92. The minimum absolute atomic E-state index is 0.425. The normalized spacial score (nSPS) is 28.2.